The van der Waals surface area contributed by atoms with Crippen LogP contribution in [-0.2, 0) is 4.74 Å². The van der Waals surface area contributed by atoms with E-state index >= 15 is 0 Å². The van der Waals surface area contributed by atoms with E-state index in [-0.39, 0.29) is 0 Å². The molecule has 1 aromatic heterocycles. The summed E-state index contributed by atoms with van der Waals surface area (Å²) in [7, 11) is 1.77. The van der Waals surface area contributed by atoms with E-state index in [0.717, 1.165) is 19.1 Å². The molecule has 2 unspecified atom stereocenters. The number of hydrogen-bond acceptors (Lipinski definition) is 3. The maximum atomic E-state index is 5.17. The zero-order valence-corrected chi connectivity index (χ0v) is 10.9. The molecule has 2 nitrogen and oxygen atoms in total. The van der Waals surface area contributed by atoms with Crippen LogP contribution in [0.2, 0.25) is 0 Å². The number of methoxy groups -OCH3 is 1. The Kier molecular flexibility index (Phi) is 4.38. The van der Waals surface area contributed by atoms with E-state index in [1.807, 2.05) is 11.3 Å². The molecule has 1 saturated carbocycles. The van der Waals surface area contributed by atoms with Gasteiger partial charge in [-0.05, 0) is 36.1 Å². The van der Waals surface area contributed by atoms with Crippen molar-refractivity contribution in [2.45, 2.75) is 25.8 Å². The molecule has 16 heavy (non-hydrogen) atoms. The van der Waals surface area contributed by atoms with E-state index in [1.165, 1.54) is 17.7 Å². The van der Waals surface area contributed by atoms with Crippen LogP contribution in [0.4, 0.5) is 0 Å². The lowest BCUT2D eigenvalue weighted by atomic mass is 10.1. The minimum Gasteiger partial charge on any atom is -0.384 e. The van der Waals surface area contributed by atoms with Crippen LogP contribution in [0.5, 0.6) is 0 Å². The number of nitrogens with one attached hydrogen (secondary N) is 1. The van der Waals surface area contributed by atoms with Crippen LogP contribution in [0.3, 0.4) is 0 Å². The van der Waals surface area contributed by atoms with Gasteiger partial charge in [0.05, 0.1) is 0 Å². The Bertz CT molecular complexity index is 295. The summed E-state index contributed by atoms with van der Waals surface area (Å²) in [5, 5.41) is 5.87. The van der Waals surface area contributed by atoms with Gasteiger partial charge in [0.25, 0.3) is 0 Å². The molecule has 1 aliphatic rings. The molecule has 1 heterocycles. The second-order valence-electron chi connectivity index (χ2n) is 4.80. The highest BCUT2D eigenvalue weighted by molar-refractivity contribution is 7.10. The van der Waals surface area contributed by atoms with Gasteiger partial charge in [-0.1, -0.05) is 13.0 Å². The zero-order valence-electron chi connectivity index (χ0n) is 10.1. The quantitative estimate of drug-likeness (QED) is 0.789. The number of thiophene rings is 1. The van der Waals surface area contributed by atoms with Gasteiger partial charge in [-0.3, -0.25) is 0 Å². The van der Waals surface area contributed by atoms with Crippen LogP contribution in [-0.4, -0.2) is 20.3 Å². The van der Waals surface area contributed by atoms with Crippen molar-refractivity contribution >= 4 is 11.3 Å². The molecule has 2 rings (SSSR count). The maximum Gasteiger partial charge on any atom is 0.0499 e. The Hall–Kier alpha value is -0.380. The molecule has 0 saturated heterocycles. The Balaban J connectivity index is 1.84. The van der Waals surface area contributed by atoms with Crippen molar-refractivity contribution in [3.05, 3.63) is 22.4 Å². The van der Waals surface area contributed by atoms with Crippen molar-refractivity contribution in [2.24, 2.45) is 11.8 Å². The Morgan fingerprint density at radius 2 is 2.38 bits per heavy atom. The fourth-order valence-corrected chi connectivity index (χ4v) is 2.96. The molecule has 0 radical (unpaired) electrons. The van der Waals surface area contributed by atoms with E-state index in [1.54, 1.807) is 7.11 Å². The number of hydrogen-bond donors (Lipinski definition) is 1. The summed E-state index contributed by atoms with van der Waals surface area (Å²) in [5.41, 5.74) is 0. The molecule has 1 fully saturated rings. The molecule has 0 aromatic carbocycles. The molecule has 1 aliphatic carbocycles. The third kappa shape index (κ3) is 3.30. The predicted octanol–water partition coefficient (Wildman–Crippen LogP) is 3.07. The van der Waals surface area contributed by atoms with Crippen molar-refractivity contribution in [2.75, 3.05) is 20.3 Å². The third-order valence-electron chi connectivity index (χ3n) is 3.08. The Morgan fingerprint density at radius 3 is 2.94 bits per heavy atom. The molecule has 0 amide bonds. The lowest BCUT2D eigenvalue weighted by Gasteiger charge is -2.19. The van der Waals surface area contributed by atoms with Crippen LogP contribution in [0.15, 0.2) is 17.5 Å². The lowest BCUT2D eigenvalue weighted by molar-refractivity contribution is 0.156. The van der Waals surface area contributed by atoms with Gasteiger partial charge in [-0.25, -0.2) is 0 Å². The first-order valence-electron chi connectivity index (χ1n) is 6.07. The highest BCUT2D eigenvalue weighted by Gasteiger charge is 2.32. The first-order chi connectivity index (χ1) is 7.81. The van der Waals surface area contributed by atoms with Crippen molar-refractivity contribution in [1.82, 2.24) is 5.32 Å². The molecule has 0 spiro atoms. The topological polar surface area (TPSA) is 21.3 Å². The van der Waals surface area contributed by atoms with E-state index in [2.05, 4.69) is 29.8 Å². The minimum atomic E-state index is 0.583. The van der Waals surface area contributed by atoms with Crippen molar-refractivity contribution in [3.63, 3.8) is 0 Å². The summed E-state index contributed by atoms with van der Waals surface area (Å²) in [5.74, 6) is 1.46. The Morgan fingerprint density at radius 1 is 1.56 bits per heavy atom. The molecule has 0 aliphatic heterocycles. The van der Waals surface area contributed by atoms with Crippen LogP contribution in [0, 0.1) is 11.8 Å². The van der Waals surface area contributed by atoms with Crippen LogP contribution >= 0.6 is 11.3 Å². The van der Waals surface area contributed by atoms with E-state index in [4.69, 9.17) is 4.74 Å². The van der Waals surface area contributed by atoms with Gasteiger partial charge in [0.2, 0.25) is 0 Å². The molecular formula is C13H21NOS. The minimum absolute atomic E-state index is 0.583. The summed E-state index contributed by atoms with van der Waals surface area (Å²) in [6.45, 7) is 4.12. The van der Waals surface area contributed by atoms with E-state index in [9.17, 15) is 0 Å². The van der Waals surface area contributed by atoms with Gasteiger partial charge in [0.1, 0.15) is 0 Å². The molecule has 0 bridgehead atoms. The van der Waals surface area contributed by atoms with Crippen molar-refractivity contribution < 1.29 is 4.74 Å². The normalized spacial score (nSPS) is 19.6. The van der Waals surface area contributed by atoms with Crippen LogP contribution in [0.25, 0.3) is 0 Å². The third-order valence-corrected chi connectivity index (χ3v) is 4.04. The van der Waals surface area contributed by atoms with Gasteiger partial charge < -0.3 is 10.1 Å². The highest BCUT2D eigenvalue weighted by atomic mass is 32.1. The lowest BCUT2D eigenvalue weighted by Crippen LogP contribution is -2.28. The zero-order chi connectivity index (χ0) is 11.4. The van der Waals surface area contributed by atoms with Gasteiger partial charge in [-0.15, -0.1) is 11.3 Å². The number of ether oxygens (including phenoxy) is 1. The van der Waals surface area contributed by atoms with Crippen LogP contribution in [0.1, 0.15) is 30.7 Å². The smallest absolute Gasteiger partial charge is 0.0499 e. The van der Waals surface area contributed by atoms with Gasteiger partial charge in [0, 0.05) is 31.2 Å². The number of rotatable bonds is 7. The average Bonchev–Trinajstić information content (AvgIpc) is 2.94. The standard InChI is InChI=1S/C13H21NOS/c1-10(9-15-2)8-14-13(11-5-6-11)12-4-3-7-16-12/h3-4,7,10-11,13-14H,5-6,8-9H2,1-2H3. The average molecular weight is 239 g/mol. The molecule has 2 atom stereocenters. The second kappa shape index (κ2) is 5.80. The monoisotopic (exact) mass is 239 g/mol. The molecule has 1 N–H and O–H groups in total. The fraction of sp³-hybridized carbons (Fsp3) is 0.692. The van der Waals surface area contributed by atoms with E-state index < -0.39 is 0 Å². The second-order valence-corrected chi connectivity index (χ2v) is 5.78. The summed E-state index contributed by atoms with van der Waals surface area (Å²) in [6, 6.07) is 4.98. The summed E-state index contributed by atoms with van der Waals surface area (Å²) in [4.78, 5) is 1.49. The van der Waals surface area contributed by atoms with Gasteiger partial charge in [-0.2, -0.15) is 0 Å². The summed E-state index contributed by atoms with van der Waals surface area (Å²) in [6.07, 6.45) is 2.77. The van der Waals surface area contributed by atoms with E-state index in [0.29, 0.717) is 12.0 Å². The first-order valence-corrected chi connectivity index (χ1v) is 6.95. The Labute approximate surface area is 102 Å². The largest absolute Gasteiger partial charge is 0.384 e. The SMILES string of the molecule is COCC(C)CNC(c1cccs1)C1CC1. The molecule has 1 aromatic rings. The summed E-state index contributed by atoms with van der Waals surface area (Å²) < 4.78 is 5.17. The predicted molar refractivity (Wildman–Crippen MR) is 68.8 cm³/mol. The molecule has 3 heteroatoms. The first kappa shape index (κ1) is 12.1. The maximum absolute atomic E-state index is 5.17. The molecule has 90 valence electrons. The van der Waals surface area contributed by atoms with Crippen molar-refractivity contribution in [3.8, 4) is 0 Å². The van der Waals surface area contributed by atoms with Crippen molar-refractivity contribution in [1.29, 1.82) is 0 Å². The van der Waals surface area contributed by atoms with Gasteiger partial charge >= 0.3 is 0 Å². The molecular weight excluding hydrogens is 218 g/mol. The fourth-order valence-electron chi connectivity index (χ4n) is 2.07. The summed E-state index contributed by atoms with van der Waals surface area (Å²) >= 11 is 1.87. The van der Waals surface area contributed by atoms with Crippen LogP contribution < -0.4 is 5.32 Å². The highest BCUT2D eigenvalue weighted by Crippen LogP contribution is 2.42. The van der Waals surface area contributed by atoms with Gasteiger partial charge in [0.15, 0.2) is 0 Å².